The van der Waals surface area contributed by atoms with E-state index in [1.165, 1.54) is 7.22 Å². The van der Waals surface area contributed by atoms with E-state index in [4.69, 9.17) is 11.5 Å². The average Bonchev–Trinajstić information content (AvgIpc) is 2.30. The molecule has 0 aliphatic rings. The van der Waals surface area contributed by atoms with E-state index in [1.54, 1.807) is 0 Å². The van der Waals surface area contributed by atoms with E-state index in [0.717, 1.165) is 11.4 Å². The SMILES string of the molecule is Nc1ccc([Te][Te]c2ccccc2N)cc1. The van der Waals surface area contributed by atoms with Crippen LogP contribution in [-0.4, -0.2) is 34.1 Å². The maximum absolute atomic E-state index is 5.94. The third kappa shape index (κ3) is 3.30. The molecule has 2 nitrogen and oxygen atoms in total. The van der Waals surface area contributed by atoms with Gasteiger partial charge in [-0.05, 0) is 0 Å². The van der Waals surface area contributed by atoms with Crippen LogP contribution in [-0.2, 0) is 0 Å². The molecule has 0 aliphatic carbocycles. The molecule has 4 heteroatoms. The topological polar surface area (TPSA) is 52.0 Å². The number of rotatable bonds is 3. The van der Waals surface area contributed by atoms with Gasteiger partial charge in [0, 0.05) is 0 Å². The standard InChI is InChI=1S/C12H12N2Te2/c13-9-5-7-10(8-6-9)15-16-12-4-2-1-3-11(12)14/h1-8H,13-14H2. The molecule has 0 saturated heterocycles. The van der Waals surface area contributed by atoms with E-state index in [2.05, 4.69) is 24.3 Å². The normalized spacial score (nSPS) is 10.2. The summed E-state index contributed by atoms with van der Waals surface area (Å²) in [7, 11) is 0. The summed E-state index contributed by atoms with van der Waals surface area (Å²) in [6.45, 7) is 0. The zero-order valence-electron chi connectivity index (χ0n) is 8.59. The van der Waals surface area contributed by atoms with Gasteiger partial charge in [-0.2, -0.15) is 0 Å². The molecule has 0 aromatic heterocycles. The molecule has 16 heavy (non-hydrogen) atoms. The van der Waals surface area contributed by atoms with Crippen LogP contribution >= 0.6 is 0 Å². The summed E-state index contributed by atoms with van der Waals surface area (Å²) in [6.07, 6.45) is 0. The molecule has 0 bridgehead atoms. The van der Waals surface area contributed by atoms with Gasteiger partial charge in [0.2, 0.25) is 0 Å². The first-order chi connectivity index (χ1) is 7.75. The molecule has 0 unspecified atom stereocenters. The molecule has 0 fully saturated rings. The summed E-state index contributed by atoms with van der Waals surface area (Å²) >= 11 is -0.175. The minimum atomic E-state index is -0.104. The monoisotopic (exact) mass is 444 g/mol. The summed E-state index contributed by atoms with van der Waals surface area (Å²) in [5, 5.41) is 0. The first kappa shape index (κ1) is 12.1. The van der Waals surface area contributed by atoms with Gasteiger partial charge < -0.3 is 0 Å². The Bertz CT molecular complexity index is 469. The van der Waals surface area contributed by atoms with Gasteiger partial charge in [-0.3, -0.25) is 0 Å². The molecular formula is C12H12N2Te2. The molecule has 0 saturated carbocycles. The third-order valence-electron chi connectivity index (χ3n) is 2.03. The zero-order valence-corrected chi connectivity index (χ0v) is 13.3. The van der Waals surface area contributed by atoms with E-state index >= 15 is 0 Å². The van der Waals surface area contributed by atoms with Gasteiger partial charge in [0.05, 0.1) is 0 Å². The second-order valence-electron chi connectivity index (χ2n) is 3.27. The van der Waals surface area contributed by atoms with Crippen LogP contribution in [0, 0.1) is 0 Å². The second kappa shape index (κ2) is 5.80. The van der Waals surface area contributed by atoms with E-state index < -0.39 is 0 Å². The molecule has 4 N–H and O–H groups in total. The van der Waals surface area contributed by atoms with Gasteiger partial charge in [-0.25, -0.2) is 0 Å². The van der Waals surface area contributed by atoms with Crippen molar-refractivity contribution in [1.82, 2.24) is 0 Å². The zero-order chi connectivity index (χ0) is 11.4. The van der Waals surface area contributed by atoms with Crippen LogP contribution in [0.2, 0.25) is 0 Å². The summed E-state index contributed by atoms with van der Waals surface area (Å²) < 4.78 is 2.87. The molecule has 2 rings (SSSR count). The molecule has 0 atom stereocenters. The van der Waals surface area contributed by atoms with Crippen LogP contribution in [0.25, 0.3) is 0 Å². The summed E-state index contributed by atoms with van der Waals surface area (Å²) in [6, 6.07) is 16.5. The molecule has 0 heterocycles. The summed E-state index contributed by atoms with van der Waals surface area (Å²) in [5.41, 5.74) is 13.4. The summed E-state index contributed by atoms with van der Waals surface area (Å²) in [4.78, 5) is 0. The number of anilines is 2. The second-order valence-corrected chi connectivity index (χ2v) is 13.2. The molecule has 82 valence electrons. The third-order valence-corrected chi connectivity index (χ3v) is 13.9. The van der Waals surface area contributed by atoms with Crippen molar-refractivity contribution < 1.29 is 0 Å². The van der Waals surface area contributed by atoms with Crippen molar-refractivity contribution >= 4 is 52.7 Å². The Balaban J connectivity index is 2.02. The number of para-hydroxylation sites is 1. The first-order valence-corrected chi connectivity index (χ1v) is 14.5. The van der Waals surface area contributed by atoms with E-state index in [-0.39, 0.29) is 34.1 Å². The Morgan fingerprint density at radius 2 is 1.44 bits per heavy atom. The van der Waals surface area contributed by atoms with Crippen LogP contribution in [0.1, 0.15) is 0 Å². The van der Waals surface area contributed by atoms with Gasteiger partial charge in [-0.15, -0.1) is 0 Å². The fraction of sp³-hybridized carbons (Fsp3) is 0. The number of benzene rings is 2. The first-order valence-electron chi connectivity index (χ1n) is 4.80. The van der Waals surface area contributed by atoms with Crippen LogP contribution in [0.3, 0.4) is 0 Å². The Morgan fingerprint density at radius 1 is 0.750 bits per heavy atom. The van der Waals surface area contributed by atoms with E-state index in [1.807, 2.05) is 24.3 Å². The van der Waals surface area contributed by atoms with Crippen molar-refractivity contribution in [3.63, 3.8) is 0 Å². The van der Waals surface area contributed by atoms with Gasteiger partial charge in [0.1, 0.15) is 0 Å². The van der Waals surface area contributed by atoms with Crippen molar-refractivity contribution in [2.75, 3.05) is 11.5 Å². The minimum absolute atomic E-state index is 0.0709. The molecular weight excluding hydrogens is 427 g/mol. The molecule has 0 radical (unpaired) electrons. The van der Waals surface area contributed by atoms with Crippen molar-refractivity contribution in [3.8, 4) is 0 Å². The molecule has 2 aromatic carbocycles. The number of nitrogens with two attached hydrogens (primary N) is 2. The Kier molecular flexibility index (Phi) is 4.38. The molecule has 2 aromatic rings. The fourth-order valence-corrected chi connectivity index (χ4v) is 11.9. The Morgan fingerprint density at radius 3 is 2.12 bits per heavy atom. The Hall–Kier alpha value is -0.381. The van der Waals surface area contributed by atoms with Crippen molar-refractivity contribution in [3.05, 3.63) is 48.5 Å². The van der Waals surface area contributed by atoms with Crippen molar-refractivity contribution in [1.29, 1.82) is 0 Å². The van der Waals surface area contributed by atoms with Gasteiger partial charge >= 0.3 is 113 Å². The predicted octanol–water partition coefficient (Wildman–Crippen LogP) is 0.125. The quantitative estimate of drug-likeness (QED) is 0.528. The van der Waals surface area contributed by atoms with Gasteiger partial charge in [-0.1, -0.05) is 0 Å². The van der Waals surface area contributed by atoms with Crippen LogP contribution in [0.4, 0.5) is 11.4 Å². The maximum atomic E-state index is 5.94. The van der Waals surface area contributed by atoms with Crippen molar-refractivity contribution in [2.24, 2.45) is 0 Å². The number of hydrogen-bond acceptors (Lipinski definition) is 2. The molecule has 0 aliphatic heterocycles. The summed E-state index contributed by atoms with van der Waals surface area (Å²) in [5.74, 6) is 0. The molecule has 0 amide bonds. The predicted molar refractivity (Wildman–Crippen MR) is 72.5 cm³/mol. The average molecular weight is 439 g/mol. The van der Waals surface area contributed by atoms with Gasteiger partial charge in [0.25, 0.3) is 0 Å². The number of hydrogen-bond donors (Lipinski definition) is 2. The number of nitrogen functional groups attached to an aromatic ring is 2. The van der Waals surface area contributed by atoms with E-state index in [9.17, 15) is 0 Å². The van der Waals surface area contributed by atoms with Crippen LogP contribution in [0.15, 0.2) is 48.5 Å². The fourth-order valence-electron chi connectivity index (χ4n) is 1.17. The van der Waals surface area contributed by atoms with Crippen LogP contribution < -0.4 is 18.7 Å². The Labute approximate surface area is 112 Å². The van der Waals surface area contributed by atoms with E-state index in [0.29, 0.717) is 0 Å². The van der Waals surface area contributed by atoms with Gasteiger partial charge in [0.15, 0.2) is 0 Å². The van der Waals surface area contributed by atoms with Crippen molar-refractivity contribution in [2.45, 2.75) is 0 Å². The van der Waals surface area contributed by atoms with Crippen LogP contribution in [0.5, 0.6) is 0 Å². The molecule has 0 spiro atoms.